The molecule has 0 aliphatic heterocycles. The number of H-pyrrole nitrogens is 1. The summed E-state index contributed by atoms with van der Waals surface area (Å²) < 4.78 is 1.63. The zero-order valence-electron chi connectivity index (χ0n) is 18.1. The number of hydrogen-bond acceptors (Lipinski definition) is 4. The van der Waals surface area contributed by atoms with Crippen molar-refractivity contribution in [1.29, 1.82) is 5.26 Å². The number of nitrogens with zero attached hydrogens (tertiary/aromatic N) is 3. The molecule has 5 fully saturated rings. The quantitative estimate of drug-likeness (QED) is 0.627. The van der Waals surface area contributed by atoms with Gasteiger partial charge in [0.25, 0.3) is 5.56 Å². The molecular weight excluding hydrogens is 398 g/mol. The molecule has 2 aromatic heterocycles. The molecule has 0 spiro atoms. The number of anilines is 1. The van der Waals surface area contributed by atoms with Crippen LogP contribution in [0.3, 0.4) is 0 Å². The third-order valence-electron chi connectivity index (χ3n) is 8.37. The van der Waals surface area contributed by atoms with Crippen LogP contribution in [0.5, 0.6) is 0 Å². The molecule has 32 heavy (non-hydrogen) atoms. The molecule has 3 aromatic rings. The van der Waals surface area contributed by atoms with Crippen LogP contribution in [0.25, 0.3) is 16.9 Å². The highest BCUT2D eigenvalue weighted by atomic mass is 16.1. The van der Waals surface area contributed by atoms with E-state index < -0.39 is 0 Å². The second-order valence-electron chi connectivity index (χ2n) is 10.8. The maximum atomic E-state index is 13.1. The van der Waals surface area contributed by atoms with E-state index in [1.165, 1.54) is 51.4 Å². The summed E-state index contributed by atoms with van der Waals surface area (Å²) in [6.45, 7) is 0. The lowest BCUT2D eigenvalue weighted by molar-refractivity contribution is 0.0107. The fourth-order valence-corrected chi connectivity index (χ4v) is 7.24. The maximum absolute atomic E-state index is 13.1. The minimum atomic E-state index is -0.0881. The molecule has 0 amide bonds. The van der Waals surface area contributed by atoms with Gasteiger partial charge in [-0.3, -0.25) is 9.89 Å². The van der Waals surface area contributed by atoms with Crippen LogP contribution in [-0.2, 0) is 0 Å². The average Bonchev–Trinajstić information content (AvgIpc) is 3.55. The first-order valence-electron chi connectivity index (χ1n) is 12.0. The van der Waals surface area contributed by atoms with Gasteiger partial charge in [0, 0.05) is 23.1 Å². The molecule has 6 heteroatoms. The Morgan fingerprint density at radius 2 is 1.72 bits per heavy atom. The Kier molecular flexibility index (Phi) is 3.74. The highest BCUT2D eigenvalue weighted by Gasteiger charge is 2.51. The van der Waals surface area contributed by atoms with Crippen molar-refractivity contribution in [3.05, 3.63) is 51.9 Å². The van der Waals surface area contributed by atoms with Gasteiger partial charge in [0.05, 0.1) is 23.0 Å². The summed E-state index contributed by atoms with van der Waals surface area (Å²) in [4.78, 5) is 18.1. The average molecular weight is 426 g/mol. The Balaban J connectivity index is 1.35. The fraction of sp³-hybridized carbons (Fsp3) is 0.500. The lowest BCUT2D eigenvalue weighted by Crippen LogP contribution is -2.54. The molecule has 2 heterocycles. The molecule has 0 saturated heterocycles. The first-order valence-corrected chi connectivity index (χ1v) is 12.0. The monoisotopic (exact) mass is 425 g/mol. The number of nitrogens with one attached hydrogen (secondary N) is 2. The number of rotatable bonds is 4. The van der Waals surface area contributed by atoms with Gasteiger partial charge >= 0.3 is 0 Å². The Morgan fingerprint density at radius 1 is 1.06 bits per heavy atom. The molecular formula is C26H27N5O. The van der Waals surface area contributed by atoms with Crippen LogP contribution >= 0.6 is 0 Å². The molecule has 162 valence electrons. The van der Waals surface area contributed by atoms with Crippen molar-refractivity contribution in [2.75, 3.05) is 5.32 Å². The van der Waals surface area contributed by atoms with Crippen LogP contribution in [0.15, 0.2) is 35.1 Å². The lowest BCUT2D eigenvalue weighted by Gasteiger charge is -2.57. The minimum absolute atomic E-state index is 0.0881. The van der Waals surface area contributed by atoms with E-state index in [1.54, 1.807) is 22.7 Å². The zero-order valence-corrected chi connectivity index (χ0v) is 18.1. The highest BCUT2D eigenvalue weighted by molar-refractivity contribution is 5.75. The third-order valence-corrected chi connectivity index (χ3v) is 8.37. The maximum Gasteiger partial charge on any atom is 0.273 e. The van der Waals surface area contributed by atoms with Gasteiger partial charge < -0.3 is 5.32 Å². The molecule has 0 radical (unpaired) electrons. The number of benzene rings is 1. The van der Waals surface area contributed by atoms with Crippen molar-refractivity contribution < 1.29 is 0 Å². The molecule has 4 bridgehead atoms. The van der Waals surface area contributed by atoms with Crippen molar-refractivity contribution in [2.45, 2.75) is 62.8 Å². The summed E-state index contributed by atoms with van der Waals surface area (Å²) in [7, 11) is 0. The topological polar surface area (TPSA) is 86.0 Å². The highest BCUT2D eigenvalue weighted by Crippen LogP contribution is 2.57. The fourth-order valence-electron chi connectivity index (χ4n) is 7.24. The summed E-state index contributed by atoms with van der Waals surface area (Å²) in [5, 5.41) is 16.5. The van der Waals surface area contributed by atoms with Gasteiger partial charge in [-0.2, -0.15) is 9.78 Å². The van der Waals surface area contributed by atoms with E-state index in [2.05, 4.69) is 16.5 Å². The van der Waals surface area contributed by atoms with E-state index in [0.717, 1.165) is 40.3 Å². The van der Waals surface area contributed by atoms with Gasteiger partial charge in [-0.05, 0) is 81.3 Å². The second kappa shape index (κ2) is 6.48. The van der Waals surface area contributed by atoms with Crippen LogP contribution in [0.2, 0.25) is 0 Å². The number of fused-ring (bicyclic) bond motifs is 1. The number of hydrogen-bond donors (Lipinski definition) is 2. The molecule has 1 aromatic carbocycles. The molecule has 6 nitrogen and oxygen atoms in total. The van der Waals surface area contributed by atoms with Gasteiger partial charge in [0.15, 0.2) is 5.65 Å². The summed E-state index contributed by atoms with van der Waals surface area (Å²) in [5.41, 5.74) is 5.12. The number of nitriles is 1. The van der Waals surface area contributed by atoms with Crippen LogP contribution in [0.4, 0.5) is 5.69 Å². The largest absolute Gasteiger partial charge is 0.375 e. The molecule has 2 N–H and O–H groups in total. The van der Waals surface area contributed by atoms with Crippen LogP contribution < -0.4 is 10.9 Å². The molecule has 5 aliphatic rings. The number of aromatic nitrogens is 3. The predicted octanol–water partition coefficient (Wildman–Crippen LogP) is 4.82. The molecule has 0 atom stereocenters. The Bertz CT molecular complexity index is 1290. The van der Waals surface area contributed by atoms with Gasteiger partial charge in [0.2, 0.25) is 0 Å². The van der Waals surface area contributed by atoms with Crippen molar-refractivity contribution in [3.8, 4) is 17.3 Å². The molecule has 8 rings (SSSR count). The first-order chi connectivity index (χ1) is 15.6. The summed E-state index contributed by atoms with van der Waals surface area (Å²) in [5.74, 6) is 3.06. The van der Waals surface area contributed by atoms with Crippen LogP contribution in [0, 0.1) is 29.1 Å². The molecule has 0 unspecified atom stereocenters. The second-order valence-corrected chi connectivity index (χ2v) is 10.8. The summed E-state index contributed by atoms with van der Waals surface area (Å²) in [6.07, 6.45) is 10.3. The lowest BCUT2D eigenvalue weighted by atomic mass is 9.53. The van der Waals surface area contributed by atoms with E-state index >= 15 is 0 Å². The number of aromatic amines is 1. The Morgan fingerprint density at radius 3 is 2.31 bits per heavy atom. The van der Waals surface area contributed by atoms with Gasteiger partial charge in [-0.1, -0.05) is 12.1 Å². The van der Waals surface area contributed by atoms with Gasteiger partial charge in [-0.25, -0.2) is 4.98 Å². The SMILES string of the molecule is N#Cc1ccc(-c2cc(=O)n3[nH]c(C4CC4)c(NC45CC6CC(CC(C6)C4)C5)c3n2)cc1. The summed E-state index contributed by atoms with van der Waals surface area (Å²) in [6, 6.07) is 11.0. The molecule has 5 aliphatic carbocycles. The van der Waals surface area contributed by atoms with E-state index in [1.807, 2.05) is 12.1 Å². The van der Waals surface area contributed by atoms with Gasteiger partial charge in [-0.15, -0.1) is 0 Å². The van der Waals surface area contributed by atoms with E-state index in [9.17, 15) is 4.79 Å². The Hall–Kier alpha value is -3.07. The van der Waals surface area contributed by atoms with Crippen LogP contribution in [-0.4, -0.2) is 20.1 Å². The predicted molar refractivity (Wildman–Crippen MR) is 122 cm³/mol. The van der Waals surface area contributed by atoms with E-state index in [0.29, 0.717) is 17.2 Å². The van der Waals surface area contributed by atoms with Crippen molar-refractivity contribution in [3.63, 3.8) is 0 Å². The van der Waals surface area contributed by atoms with Crippen molar-refractivity contribution in [2.24, 2.45) is 17.8 Å². The van der Waals surface area contributed by atoms with Gasteiger partial charge in [0.1, 0.15) is 5.69 Å². The standard InChI is InChI=1S/C26H27N5O/c27-14-15-1-3-19(4-2-15)21-10-22(32)31-25(28-21)24(23(30-31)20-5-6-20)29-26-11-16-7-17(12-26)9-18(8-16)13-26/h1-4,10,16-18,20,29-30H,5-9,11-13H2. The van der Waals surface area contributed by atoms with E-state index in [-0.39, 0.29) is 11.1 Å². The minimum Gasteiger partial charge on any atom is -0.375 e. The van der Waals surface area contributed by atoms with Crippen molar-refractivity contribution in [1.82, 2.24) is 14.6 Å². The molecule has 5 saturated carbocycles. The zero-order chi connectivity index (χ0) is 21.4. The van der Waals surface area contributed by atoms with Crippen LogP contribution in [0.1, 0.15) is 68.5 Å². The Labute approximate surface area is 186 Å². The first kappa shape index (κ1) is 18.5. The normalized spacial score (nSPS) is 30.5. The smallest absolute Gasteiger partial charge is 0.273 e. The van der Waals surface area contributed by atoms with Crippen molar-refractivity contribution >= 4 is 11.3 Å². The summed E-state index contributed by atoms with van der Waals surface area (Å²) >= 11 is 0. The third kappa shape index (κ3) is 2.83. The van der Waals surface area contributed by atoms with E-state index in [4.69, 9.17) is 10.2 Å².